The number of Topliss-reactive ketones (excluding diaryl/α,β-unsaturated/α-hetero) is 1. The molecule has 2 aromatic heterocycles. The van der Waals surface area contributed by atoms with Gasteiger partial charge in [-0.25, -0.2) is 4.98 Å². The normalized spacial score (nSPS) is 11.1. The Labute approximate surface area is 145 Å². The Hall–Kier alpha value is -1.71. The number of aryl methyl sites for hydroxylation is 3. The number of hydrogen-bond donors (Lipinski definition) is 0. The molecule has 0 unspecified atom stereocenters. The zero-order valence-corrected chi connectivity index (χ0v) is 14.8. The second kappa shape index (κ2) is 6.81. The van der Waals surface area contributed by atoms with E-state index < -0.39 is 0 Å². The third-order valence-corrected chi connectivity index (χ3v) is 5.33. The van der Waals surface area contributed by atoms with Crippen molar-refractivity contribution in [1.29, 1.82) is 0 Å². The van der Waals surface area contributed by atoms with Crippen LogP contribution in [0, 0.1) is 6.92 Å². The molecule has 0 spiro atoms. The number of carbonyl (C=O) groups excluding carboxylic acids is 1. The van der Waals surface area contributed by atoms with Crippen molar-refractivity contribution >= 4 is 38.9 Å². The Kier molecular flexibility index (Phi) is 4.79. The molecule has 0 aliphatic heterocycles. The summed E-state index contributed by atoms with van der Waals surface area (Å²) in [6.07, 6.45) is 3.91. The Balaban J connectivity index is 1.90. The summed E-state index contributed by atoms with van der Waals surface area (Å²) in [6, 6.07) is 7.70. The van der Waals surface area contributed by atoms with Crippen LogP contribution in [0.4, 0.5) is 0 Å². The third kappa shape index (κ3) is 3.31. The van der Waals surface area contributed by atoms with E-state index in [0.717, 1.165) is 50.3 Å². The summed E-state index contributed by atoms with van der Waals surface area (Å²) in [6.45, 7) is 4.12. The average molecular weight is 344 g/mol. The zero-order valence-electron chi connectivity index (χ0n) is 13.2. The van der Waals surface area contributed by atoms with Gasteiger partial charge >= 0.3 is 0 Å². The number of fused-ring (bicyclic) bond motifs is 1. The van der Waals surface area contributed by atoms with Gasteiger partial charge in [0.25, 0.3) is 0 Å². The molecule has 0 N–H and O–H groups in total. The molecule has 118 valence electrons. The van der Waals surface area contributed by atoms with Crippen molar-refractivity contribution in [1.82, 2.24) is 4.98 Å². The third-order valence-electron chi connectivity index (χ3n) is 4.08. The molecular formula is C19H18ClNOS. The fraction of sp³-hybridized carbons (Fsp3) is 0.263. The second-order valence-corrected chi connectivity index (χ2v) is 6.96. The van der Waals surface area contributed by atoms with Crippen molar-refractivity contribution in [3.05, 3.63) is 63.1 Å². The summed E-state index contributed by atoms with van der Waals surface area (Å²) in [5.41, 5.74) is 4.18. The maximum atomic E-state index is 12.9. The van der Waals surface area contributed by atoms with Crippen molar-refractivity contribution in [2.75, 3.05) is 0 Å². The van der Waals surface area contributed by atoms with Gasteiger partial charge in [-0.1, -0.05) is 30.7 Å². The zero-order chi connectivity index (χ0) is 16.4. The first-order valence-electron chi connectivity index (χ1n) is 7.73. The van der Waals surface area contributed by atoms with Crippen LogP contribution in [-0.4, -0.2) is 10.8 Å². The van der Waals surface area contributed by atoms with Crippen molar-refractivity contribution in [3.8, 4) is 0 Å². The number of ketones is 1. The molecule has 0 aliphatic rings. The van der Waals surface area contributed by atoms with E-state index in [2.05, 4.69) is 24.2 Å². The smallest absolute Gasteiger partial charge is 0.164 e. The Bertz CT molecular complexity index is 852. The molecule has 23 heavy (non-hydrogen) atoms. The summed E-state index contributed by atoms with van der Waals surface area (Å²) in [5.74, 6) is 0.200. The molecular weight excluding hydrogens is 326 g/mol. The number of halogens is 1. The minimum atomic E-state index is 0.200. The summed E-state index contributed by atoms with van der Waals surface area (Å²) < 4.78 is 0. The number of hydrogen-bond acceptors (Lipinski definition) is 3. The van der Waals surface area contributed by atoms with Crippen molar-refractivity contribution in [2.24, 2.45) is 0 Å². The van der Waals surface area contributed by atoms with Gasteiger partial charge < -0.3 is 0 Å². The number of nitrogens with zero attached hydrogens (tertiary/aromatic N) is 1. The van der Waals surface area contributed by atoms with Gasteiger partial charge in [0.05, 0.1) is 0 Å². The Morgan fingerprint density at radius 2 is 2.00 bits per heavy atom. The van der Waals surface area contributed by atoms with Crippen LogP contribution >= 0.6 is 22.9 Å². The molecule has 0 atom stereocenters. The van der Waals surface area contributed by atoms with Crippen LogP contribution < -0.4 is 0 Å². The topological polar surface area (TPSA) is 30.0 Å². The minimum absolute atomic E-state index is 0.200. The predicted octanol–water partition coefficient (Wildman–Crippen LogP) is 5.64. The van der Waals surface area contributed by atoms with E-state index in [1.54, 1.807) is 11.3 Å². The van der Waals surface area contributed by atoms with E-state index in [4.69, 9.17) is 11.6 Å². The fourth-order valence-electron chi connectivity index (χ4n) is 2.81. The molecule has 1 aromatic carbocycles. The van der Waals surface area contributed by atoms with Gasteiger partial charge in [-0.2, -0.15) is 0 Å². The standard InChI is InChI=1S/C19H18ClNOS/c1-3-14-10-21-19-17(12(2)11-23-19)18(14)16(22)9-6-13-4-7-15(20)8-5-13/h4-5,7-8,10-11H,3,6,9H2,1-2H3. The summed E-state index contributed by atoms with van der Waals surface area (Å²) in [5, 5.41) is 3.83. The fourth-order valence-corrected chi connectivity index (χ4v) is 3.84. The largest absolute Gasteiger partial charge is 0.294 e. The van der Waals surface area contributed by atoms with Gasteiger partial charge in [0.2, 0.25) is 0 Å². The number of aromatic nitrogens is 1. The van der Waals surface area contributed by atoms with Crippen LogP contribution in [0.3, 0.4) is 0 Å². The molecule has 0 saturated heterocycles. The lowest BCUT2D eigenvalue weighted by Crippen LogP contribution is -2.07. The average Bonchev–Trinajstić information content (AvgIpc) is 2.94. The monoisotopic (exact) mass is 343 g/mol. The van der Waals surface area contributed by atoms with E-state index in [1.165, 1.54) is 0 Å². The molecule has 0 radical (unpaired) electrons. The lowest BCUT2D eigenvalue weighted by atomic mass is 9.95. The maximum absolute atomic E-state index is 12.9. The Morgan fingerprint density at radius 3 is 2.70 bits per heavy atom. The maximum Gasteiger partial charge on any atom is 0.164 e. The highest BCUT2D eigenvalue weighted by molar-refractivity contribution is 7.17. The first kappa shape index (κ1) is 16.2. The van der Waals surface area contributed by atoms with Crippen LogP contribution in [0.5, 0.6) is 0 Å². The molecule has 3 aromatic rings. The first-order valence-corrected chi connectivity index (χ1v) is 8.99. The van der Waals surface area contributed by atoms with Crippen LogP contribution in [0.25, 0.3) is 10.2 Å². The SMILES string of the molecule is CCc1cnc2scc(C)c2c1C(=O)CCc1ccc(Cl)cc1. The molecule has 0 saturated carbocycles. The number of rotatable bonds is 5. The van der Waals surface area contributed by atoms with E-state index >= 15 is 0 Å². The number of pyridine rings is 1. The molecule has 4 heteroatoms. The summed E-state index contributed by atoms with van der Waals surface area (Å²) >= 11 is 7.51. The van der Waals surface area contributed by atoms with Crippen LogP contribution in [0.2, 0.25) is 5.02 Å². The lowest BCUT2D eigenvalue weighted by Gasteiger charge is -2.09. The van der Waals surface area contributed by atoms with Gasteiger partial charge in [-0.3, -0.25) is 4.79 Å². The summed E-state index contributed by atoms with van der Waals surface area (Å²) in [7, 11) is 0. The van der Waals surface area contributed by atoms with E-state index in [0.29, 0.717) is 6.42 Å². The quantitative estimate of drug-likeness (QED) is 0.561. The molecule has 3 rings (SSSR count). The molecule has 0 aliphatic carbocycles. The molecule has 2 heterocycles. The highest BCUT2D eigenvalue weighted by Gasteiger charge is 2.18. The number of benzene rings is 1. The summed E-state index contributed by atoms with van der Waals surface area (Å²) in [4.78, 5) is 18.3. The highest BCUT2D eigenvalue weighted by atomic mass is 35.5. The van der Waals surface area contributed by atoms with E-state index in [1.807, 2.05) is 30.5 Å². The van der Waals surface area contributed by atoms with Crippen molar-refractivity contribution in [2.45, 2.75) is 33.1 Å². The van der Waals surface area contributed by atoms with Crippen LogP contribution in [0.1, 0.15) is 40.4 Å². The molecule has 0 amide bonds. The van der Waals surface area contributed by atoms with E-state index in [-0.39, 0.29) is 5.78 Å². The first-order chi connectivity index (χ1) is 11.1. The van der Waals surface area contributed by atoms with Gasteiger partial charge in [0.1, 0.15) is 4.83 Å². The molecule has 0 fully saturated rings. The lowest BCUT2D eigenvalue weighted by molar-refractivity contribution is 0.0983. The highest BCUT2D eigenvalue weighted by Crippen LogP contribution is 2.30. The number of carbonyl (C=O) groups is 1. The van der Waals surface area contributed by atoms with Gasteiger partial charge in [0, 0.05) is 28.6 Å². The van der Waals surface area contributed by atoms with Crippen LogP contribution in [-0.2, 0) is 12.8 Å². The minimum Gasteiger partial charge on any atom is -0.294 e. The van der Waals surface area contributed by atoms with Gasteiger partial charge in [0.15, 0.2) is 5.78 Å². The van der Waals surface area contributed by atoms with E-state index in [9.17, 15) is 4.79 Å². The predicted molar refractivity (Wildman–Crippen MR) is 97.8 cm³/mol. The van der Waals surface area contributed by atoms with Crippen molar-refractivity contribution in [3.63, 3.8) is 0 Å². The van der Waals surface area contributed by atoms with Gasteiger partial charge in [-0.15, -0.1) is 11.3 Å². The molecule has 0 bridgehead atoms. The second-order valence-electron chi connectivity index (χ2n) is 5.66. The van der Waals surface area contributed by atoms with Crippen molar-refractivity contribution < 1.29 is 4.79 Å². The van der Waals surface area contributed by atoms with Gasteiger partial charge in [-0.05, 0) is 54.0 Å². The number of thiophene rings is 1. The van der Waals surface area contributed by atoms with Crippen LogP contribution in [0.15, 0.2) is 35.8 Å². The Morgan fingerprint density at radius 1 is 1.26 bits per heavy atom. The molecule has 2 nitrogen and oxygen atoms in total.